The van der Waals surface area contributed by atoms with Gasteiger partial charge in [0.05, 0.1) is 12.6 Å². The molecule has 2 fully saturated rings. The molecule has 0 radical (unpaired) electrons. The van der Waals surface area contributed by atoms with E-state index in [1.165, 1.54) is 32.1 Å². The number of methoxy groups -OCH3 is 1. The maximum absolute atomic E-state index is 13.2. The first-order valence-corrected chi connectivity index (χ1v) is 11.8. The number of anilines is 1. The number of nitrogens with zero attached hydrogens (tertiary/aromatic N) is 1. The molecule has 32 heavy (non-hydrogen) atoms. The number of carbonyl (C=O) groups is 2. The molecule has 2 heterocycles. The lowest BCUT2D eigenvalue weighted by molar-refractivity contribution is -0.121. The van der Waals surface area contributed by atoms with Crippen molar-refractivity contribution in [2.24, 2.45) is 11.8 Å². The van der Waals surface area contributed by atoms with Crippen molar-refractivity contribution >= 4 is 28.5 Å². The molecule has 2 unspecified atom stereocenters. The van der Waals surface area contributed by atoms with Gasteiger partial charge in [-0.3, -0.25) is 9.69 Å². The van der Waals surface area contributed by atoms with Crippen molar-refractivity contribution in [3.05, 3.63) is 30.0 Å². The standard InChI is InChI=1S/C25H34N2O5/c1-27-12-11-20(17-7-4-3-5-8-17)23(27)24(28)26-19-9-10-21-18(15-19)16-22(32-21)25(29)31-14-6-13-30-2/h9-10,15-17,20,23H,3-8,11-14H2,1-2H3,(H,26,28). The van der Waals surface area contributed by atoms with Gasteiger partial charge in [-0.2, -0.15) is 0 Å². The molecule has 1 aromatic heterocycles. The maximum Gasteiger partial charge on any atom is 0.374 e. The summed E-state index contributed by atoms with van der Waals surface area (Å²) in [6.45, 7) is 1.78. The van der Waals surface area contributed by atoms with E-state index in [2.05, 4.69) is 17.3 Å². The summed E-state index contributed by atoms with van der Waals surface area (Å²) in [6.07, 6.45) is 8.11. The van der Waals surface area contributed by atoms with Gasteiger partial charge in [-0.05, 0) is 56.1 Å². The van der Waals surface area contributed by atoms with Crippen molar-refractivity contribution < 1.29 is 23.5 Å². The second-order valence-electron chi connectivity index (χ2n) is 9.11. The van der Waals surface area contributed by atoms with Gasteiger partial charge in [0.15, 0.2) is 0 Å². The fraction of sp³-hybridized carbons (Fsp3) is 0.600. The molecule has 1 amide bonds. The molecule has 2 aliphatic rings. The second kappa shape index (κ2) is 10.5. The fourth-order valence-electron chi connectivity index (χ4n) is 5.30. The van der Waals surface area contributed by atoms with Crippen molar-refractivity contribution in [2.45, 2.75) is 51.0 Å². The lowest BCUT2D eigenvalue weighted by Gasteiger charge is -2.32. The quantitative estimate of drug-likeness (QED) is 0.480. The summed E-state index contributed by atoms with van der Waals surface area (Å²) in [6, 6.07) is 7.03. The van der Waals surface area contributed by atoms with Crippen molar-refractivity contribution in [3.63, 3.8) is 0 Å². The first kappa shape index (κ1) is 22.8. The number of likely N-dealkylation sites (tertiary alicyclic amines) is 1. The Labute approximate surface area is 189 Å². The van der Waals surface area contributed by atoms with Crippen molar-refractivity contribution in [2.75, 3.05) is 39.2 Å². The number of likely N-dealkylation sites (N-methyl/N-ethyl adjacent to an activating group) is 1. The predicted octanol–water partition coefficient (Wildman–Crippen LogP) is 4.47. The van der Waals surface area contributed by atoms with Gasteiger partial charge in [0.2, 0.25) is 11.7 Å². The number of hydrogen-bond donors (Lipinski definition) is 1. The van der Waals surface area contributed by atoms with Crippen molar-refractivity contribution in [1.29, 1.82) is 0 Å². The van der Waals surface area contributed by atoms with E-state index in [0.29, 0.717) is 36.1 Å². The zero-order valence-electron chi connectivity index (χ0n) is 19.1. The van der Waals surface area contributed by atoms with Crippen LogP contribution in [0, 0.1) is 11.8 Å². The highest BCUT2D eigenvalue weighted by Crippen LogP contribution is 2.38. The van der Waals surface area contributed by atoms with E-state index in [1.807, 2.05) is 12.1 Å². The highest BCUT2D eigenvalue weighted by Gasteiger charge is 2.41. The van der Waals surface area contributed by atoms with Gasteiger partial charge in [0.1, 0.15) is 5.58 Å². The molecule has 0 bridgehead atoms. The first-order chi connectivity index (χ1) is 15.6. The highest BCUT2D eigenvalue weighted by molar-refractivity contribution is 5.98. The Kier molecular flexibility index (Phi) is 7.48. The molecule has 0 spiro atoms. The van der Waals surface area contributed by atoms with Gasteiger partial charge in [0, 0.05) is 31.2 Å². The number of amides is 1. The van der Waals surface area contributed by atoms with Crippen LogP contribution in [-0.2, 0) is 14.3 Å². The SMILES string of the molecule is COCCCOC(=O)c1cc2cc(NC(=O)C3C(C4CCCCC4)CCN3C)ccc2o1. The average molecular weight is 443 g/mol. The van der Waals surface area contributed by atoms with E-state index in [0.717, 1.165) is 18.4 Å². The summed E-state index contributed by atoms with van der Waals surface area (Å²) >= 11 is 0. The minimum atomic E-state index is -0.495. The van der Waals surface area contributed by atoms with E-state index in [9.17, 15) is 9.59 Å². The monoisotopic (exact) mass is 442 g/mol. The number of nitrogens with one attached hydrogen (secondary N) is 1. The molecule has 1 N–H and O–H groups in total. The van der Waals surface area contributed by atoms with Gasteiger partial charge in [0.25, 0.3) is 0 Å². The van der Waals surface area contributed by atoms with E-state index in [1.54, 1.807) is 19.2 Å². The maximum atomic E-state index is 13.2. The van der Waals surface area contributed by atoms with Crippen LogP contribution in [0.5, 0.6) is 0 Å². The van der Waals surface area contributed by atoms with Crippen LogP contribution < -0.4 is 5.32 Å². The zero-order chi connectivity index (χ0) is 22.5. The Morgan fingerprint density at radius 1 is 1.12 bits per heavy atom. The number of rotatable bonds is 8. The molecule has 174 valence electrons. The number of carbonyl (C=O) groups excluding carboxylic acids is 2. The topological polar surface area (TPSA) is 81.0 Å². The lowest BCUT2D eigenvalue weighted by atomic mass is 9.76. The van der Waals surface area contributed by atoms with Gasteiger partial charge in [-0.15, -0.1) is 0 Å². The van der Waals surface area contributed by atoms with Gasteiger partial charge in [-0.1, -0.05) is 32.1 Å². The Morgan fingerprint density at radius 2 is 1.94 bits per heavy atom. The third kappa shape index (κ3) is 5.15. The van der Waals surface area contributed by atoms with Crippen LogP contribution in [0.15, 0.2) is 28.7 Å². The summed E-state index contributed by atoms with van der Waals surface area (Å²) in [7, 11) is 3.66. The summed E-state index contributed by atoms with van der Waals surface area (Å²) in [5.41, 5.74) is 1.30. The largest absolute Gasteiger partial charge is 0.460 e. The van der Waals surface area contributed by atoms with Crippen LogP contribution in [0.3, 0.4) is 0 Å². The molecule has 1 aliphatic heterocycles. The van der Waals surface area contributed by atoms with Crippen LogP contribution in [0.25, 0.3) is 11.0 Å². The highest BCUT2D eigenvalue weighted by atomic mass is 16.5. The van der Waals surface area contributed by atoms with Crippen LogP contribution in [-0.4, -0.2) is 56.7 Å². The first-order valence-electron chi connectivity index (χ1n) is 11.8. The van der Waals surface area contributed by atoms with Gasteiger partial charge in [-0.25, -0.2) is 4.79 Å². The predicted molar refractivity (Wildman–Crippen MR) is 123 cm³/mol. The molecule has 1 aliphatic carbocycles. The Balaban J connectivity index is 1.42. The number of hydrogen-bond acceptors (Lipinski definition) is 6. The molecule has 7 heteroatoms. The van der Waals surface area contributed by atoms with Crippen molar-refractivity contribution in [1.82, 2.24) is 4.90 Å². The van der Waals surface area contributed by atoms with Crippen molar-refractivity contribution in [3.8, 4) is 0 Å². The fourth-order valence-corrected chi connectivity index (χ4v) is 5.30. The Hall–Kier alpha value is -2.38. The summed E-state index contributed by atoms with van der Waals surface area (Å²) in [5, 5.41) is 3.87. The molecule has 2 atom stereocenters. The number of fused-ring (bicyclic) bond motifs is 1. The molecular formula is C25H34N2O5. The lowest BCUT2D eigenvalue weighted by Crippen LogP contribution is -2.43. The molecule has 1 saturated heterocycles. The molecular weight excluding hydrogens is 408 g/mol. The van der Waals surface area contributed by atoms with Crippen LogP contribution in [0.4, 0.5) is 5.69 Å². The van der Waals surface area contributed by atoms with E-state index in [-0.39, 0.29) is 24.3 Å². The smallest absolute Gasteiger partial charge is 0.374 e. The minimum Gasteiger partial charge on any atom is -0.460 e. The number of ether oxygens (including phenoxy) is 2. The van der Waals surface area contributed by atoms with E-state index < -0.39 is 5.97 Å². The van der Waals surface area contributed by atoms with Crippen LogP contribution in [0.2, 0.25) is 0 Å². The van der Waals surface area contributed by atoms with Gasteiger partial charge >= 0.3 is 5.97 Å². The molecule has 1 saturated carbocycles. The minimum absolute atomic E-state index is 0.0567. The summed E-state index contributed by atoms with van der Waals surface area (Å²) < 4.78 is 15.8. The van der Waals surface area contributed by atoms with E-state index >= 15 is 0 Å². The summed E-state index contributed by atoms with van der Waals surface area (Å²) in [5.74, 6) is 0.802. The molecule has 7 nitrogen and oxygen atoms in total. The average Bonchev–Trinajstić information content (AvgIpc) is 3.40. The van der Waals surface area contributed by atoms with E-state index in [4.69, 9.17) is 13.9 Å². The van der Waals surface area contributed by atoms with Crippen LogP contribution >= 0.6 is 0 Å². The molecule has 4 rings (SSSR count). The third-order valence-corrected chi connectivity index (χ3v) is 6.93. The molecule has 2 aromatic rings. The zero-order valence-corrected chi connectivity index (χ0v) is 19.1. The number of furan rings is 1. The Bertz CT molecular complexity index is 934. The number of benzene rings is 1. The molecule has 1 aromatic carbocycles. The second-order valence-corrected chi connectivity index (χ2v) is 9.11. The normalized spacial score (nSPS) is 22.3. The van der Waals surface area contributed by atoms with Gasteiger partial charge < -0.3 is 19.2 Å². The Morgan fingerprint density at radius 3 is 2.72 bits per heavy atom. The van der Waals surface area contributed by atoms with Crippen LogP contribution in [0.1, 0.15) is 55.5 Å². The summed E-state index contributed by atoms with van der Waals surface area (Å²) in [4.78, 5) is 27.6. The third-order valence-electron chi connectivity index (χ3n) is 6.93. The number of esters is 1.